The van der Waals surface area contributed by atoms with E-state index in [1.54, 1.807) is 0 Å². The van der Waals surface area contributed by atoms with Crippen LogP contribution >= 0.6 is 11.3 Å². The Morgan fingerprint density at radius 1 is 1.00 bits per heavy atom. The second-order valence-electron chi connectivity index (χ2n) is 6.21. The molecule has 0 atom stereocenters. The van der Waals surface area contributed by atoms with Crippen LogP contribution in [0.2, 0.25) is 0 Å². The van der Waals surface area contributed by atoms with E-state index in [4.69, 9.17) is 4.74 Å². The summed E-state index contributed by atoms with van der Waals surface area (Å²) in [6.45, 7) is 11.4. The van der Waals surface area contributed by atoms with Crippen LogP contribution < -0.4 is 10.1 Å². The minimum absolute atomic E-state index is 0.188. The molecule has 1 heterocycles. The molecule has 0 bridgehead atoms. The summed E-state index contributed by atoms with van der Waals surface area (Å²) in [5.41, 5.74) is 1.52. The van der Waals surface area contributed by atoms with Crippen molar-refractivity contribution in [2.45, 2.75) is 46.3 Å². The van der Waals surface area contributed by atoms with Crippen molar-refractivity contribution < 1.29 is 4.74 Å². The normalized spacial score (nSPS) is 11.6. The molecule has 0 aliphatic carbocycles. The van der Waals surface area contributed by atoms with Gasteiger partial charge >= 0.3 is 0 Å². The maximum atomic E-state index is 5.87. The standard InChI is InChI=1S/C18H25NOS/c1-5-19-12-16-10-11-17(21-16)13-20-15-8-6-14(7-9-15)18(2,3)4/h6-11,19H,5,12-13H2,1-4H3. The Labute approximate surface area is 132 Å². The first-order valence-electron chi connectivity index (χ1n) is 7.50. The smallest absolute Gasteiger partial charge is 0.122 e. The lowest BCUT2D eigenvalue weighted by Gasteiger charge is -2.19. The Kier molecular flexibility index (Phi) is 5.43. The number of hydrogen-bond acceptors (Lipinski definition) is 3. The summed E-state index contributed by atoms with van der Waals surface area (Å²) in [6.07, 6.45) is 0. The molecule has 0 saturated carbocycles. The zero-order valence-corrected chi connectivity index (χ0v) is 14.2. The molecule has 0 radical (unpaired) electrons. The van der Waals surface area contributed by atoms with Crippen LogP contribution in [-0.2, 0) is 18.6 Å². The van der Waals surface area contributed by atoms with Crippen LogP contribution in [0.4, 0.5) is 0 Å². The fraction of sp³-hybridized carbons (Fsp3) is 0.444. The van der Waals surface area contributed by atoms with Gasteiger partial charge in [0.25, 0.3) is 0 Å². The molecule has 0 unspecified atom stereocenters. The first kappa shape index (κ1) is 16.1. The average Bonchev–Trinajstić information content (AvgIpc) is 2.90. The van der Waals surface area contributed by atoms with Crippen LogP contribution in [0.3, 0.4) is 0 Å². The monoisotopic (exact) mass is 303 g/mol. The van der Waals surface area contributed by atoms with Crippen molar-refractivity contribution in [1.82, 2.24) is 5.32 Å². The van der Waals surface area contributed by atoms with Crippen molar-refractivity contribution in [2.24, 2.45) is 0 Å². The number of thiophene rings is 1. The third-order valence-electron chi connectivity index (χ3n) is 3.37. The van der Waals surface area contributed by atoms with Gasteiger partial charge in [-0.3, -0.25) is 0 Å². The van der Waals surface area contributed by atoms with Gasteiger partial charge in [-0.1, -0.05) is 39.8 Å². The van der Waals surface area contributed by atoms with E-state index in [-0.39, 0.29) is 5.41 Å². The molecule has 2 aromatic rings. The maximum absolute atomic E-state index is 5.87. The van der Waals surface area contributed by atoms with Gasteiger partial charge in [0.2, 0.25) is 0 Å². The Bertz CT molecular complexity index is 551. The fourth-order valence-electron chi connectivity index (χ4n) is 2.05. The zero-order chi connectivity index (χ0) is 15.3. The van der Waals surface area contributed by atoms with Crippen molar-refractivity contribution in [2.75, 3.05) is 6.54 Å². The van der Waals surface area contributed by atoms with Crippen molar-refractivity contribution in [3.05, 3.63) is 51.7 Å². The molecule has 1 N–H and O–H groups in total. The molecule has 114 valence electrons. The molecular weight excluding hydrogens is 278 g/mol. The third kappa shape index (κ3) is 4.87. The summed E-state index contributed by atoms with van der Waals surface area (Å²) in [4.78, 5) is 2.63. The lowest BCUT2D eigenvalue weighted by atomic mass is 9.87. The number of nitrogens with one attached hydrogen (secondary N) is 1. The quantitative estimate of drug-likeness (QED) is 0.832. The molecule has 0 aliphatic rings. The molecule has 0 aliphatic heterocycles. The highest BCUT2D eigenvalue weighted by Gasteiger charge is 2.13. The van der Waals surface area contributed by atoms with Gasteiger partial charge < -0.3 is 10.1 Å². The van der Waals surface area contributed by atoms with Crippen LogP contribution in [0.25, 0.3) is 0 Å². The Balaban J connectivity index is 1.89. The first-order chi connectivity index (χ1) is 9.99. The van der Waals surface area contributed by atoms with Gasteiger partial charge in [-0.05, 0) is 41.8 Å². The molecule has 0 spiro atoms. The number of rotatable bonds is 6. The first-order valence-corrected chi connectivity index (χ1v) is 8.32. The summed E-state index contributed by atoms with van der Waals surface area (Å²) in [5, 5.41) is 3.34. The van der Waals surface area contributed by atoms with E-state index in [1.807, 2.05) is 11.3 Å². The maximum Gasteiger partial charge on any atom is 0.122 e. The van der Waals surface area contributed by atoms with Crippen LogP contribution in [-0.4, -0.2) is 6.54 Å². The summed E-state index contributed by atoms with van der Waals surface area (Å²) in [5.74, 6) is 0.935. The molecule has 3 heteroatoms. The highest BCUT2D eigenvalue weighted by atomic mass is 32.1. The van der Waals surface area contributed by atoms with Gasteiger partial charge in [-0.2, -0.15) is 0 Å². The third-order valence-corrected chi connectivity index (χ3v) is 4.43. The van der Waals surface area contributed by atoms with E-state index < -0.39 is 0 Å². The van der Waals surface area contributed by atoms with Crippen molar-refractivity contribution in [3.8, 4) is 5.75 Å². The van der Waals surface area contributed by atoms with E-state index >= 15 is 0 Å². The minimum Gasteiger partial charge on any atom is -0.488 e. The molecule has 1 aromatic heterocycles. The minimum atomic E-state index is 0.188. The SMILES string of the molecule is CCNCc1ccc(COc2ccc(C(C)(C)C)cc2)s1. The average molecular weight is 303 g/mol. The lowest BCUT2D eigenvalue weighted by Crippen LogP contribution is -2.10. The molecule has 0 fully saturated rings. The van der Waals surface area contributed by atoms with Gasteiger partial charge in [0.1, 0.15) is 12.4 Å². The van der Waals surface area contributed by atoms with Crippen molar-refractivity contribution in [1.29, 1.82) is 0 Å². The summed E-state index contributed by atoms with van der Waals surface area (Å²) < 4.78 is 5.87. The van der Waals surface area contributed by atoms with E-state index in [0.29, 0.717) is 6.61 Å². The van der Waals surface area contributed by atoms with Gasteiger partial charge in [-0.15, -0.1) is 11.3 Å². The largest absolute Gasteiger partial charge is 0.488 e. The Morgan fingerprint density at radius 2 is 1.67 bits per heavy atom. The molecular formula is C18H25NOS. The number of hydrogen-bond donors (Lipinski definition) is 1. The van der Waals surface area contributed by atoms with Crippen LogP contribution in [0.5, 0.6) is 5.75 Å². The van der Waals surface area contributed by atoms with E-state index in [0.717, 1.165) is 18.8 Å². The van der Waals surface area contributed by atoms with Crippen LogP contribution in [0.1, 0.15) is 43.0 Å². The second-order valence-corrected chi connectivity index (χ2v) is 7.46. The Hall–Kier alpha value is -1.32. The molecule has 0 amide bonds. The number of ether oxygens (including phenoxy) is 1. The van der Waals surface area contributed by atoms with Crippen molar-refractivity contribution in [3.63, 3.8) is 0 Å². The van der Waals surface area contributed by atoms with Gasteiger partial charge in [-0.25, -0.2) is 0 Å². The highest BCUT2D eigenvalue weighted by Crippen LogP contribution is 2.25. The summed E-state index contributed by atoms with van der Waals surface area (Å²) in [7, 11) is 0. The summed E-state index contributed by atoms with van der Waals surface area (Å²) >= 11 is 1.81. The predicted molar refractivity (Wildman–Crippen MR) is 91.2 cm³/mol. The molecule has 21 heavy (non-hydrogen) atoms. The topological polar surface area (TPSA) is 21.3 Å². The van der Waals surface area contributed by atoms with Crippen molar-refractivity contribution >= 4 is 11.3 Å². The molecule has 2 nitrogen and oxygen atoms in total. The number of benzene rings is 1. The second kappa shape index (κ2) is 7.10. The van der Waals surface area contributed by atoms with Gasteiger partial charge in [0.05, 0.1) is 0 Å². The van der Waals surface area contributed by atoms with Crippen LogP contribution in [0.15, 0.2) is 36.4 Å². The molecule has 0 saturated heterocycles. The molecule has 1 aromatic carbocycles. The van der Waals surface area contributed by atoms with Gasteiger partial charge in [0.15, 0.2) is 0 Å². The fourth-order valence-corrected chi connectivity index (χ4v) is 2.95. The molecule has 2 rings (SSSR count). The van der Waals surface area contributed by atoms with Crippen LogP contribution in [0, 0.1) is 0 Å². The zero-order valence-electron chi connectivity index (χ0n) is 13.4. The van der Waals surface area contributed by atoms with Gasteiger partial charge in [0, 0.05) is 16.3 Å². The lowest BCUT2D eigenvalue weighted by molar-refractivity contribution is 0.309. The predicted octanol–water partition coefficient (Wildman–Crippen LogP) is 4.73. The summed E-state index contributed by atoms with van der Waals surface area (Å²) in [6, 6.07) is 12.8. The van der Waals surface area contributed by atoms with E-state index in [9.17, 15) is 0 Å². The van der Waals surface area contributed by atoms with E-state index in [2.05, 4.69) is 69.4 Å². The van der Waals surface area contributed by atoms with E-state index in [1.165, 1.54) is 15.3 Å². The Morgan fingerprint density at radius 3 is 2.29 bits per heavy atom. The highest BCUT2D eigenvalue weighted by molar-refractivity contribution is 7.11.